The van der Waals surface area contributed by atoms with Gasteiger partial charge in [-0.25, -0.2) is 4.39 Å². The van der Waals surface area contributed by atoms with Crippen molar-refractivity contribution in [3.05, 3.63) is 94.1 Å². The van der Waals surface area contributed by atoms with Crippen molar-refractivity contribution in [3.63, 3.8) is 0 Å². The summed E-state index contributed by atoms with van der Waals surface area (Å²) in [6.07, 6.45) is 2.50. The zero-order valence-electron chi connectivity index (χ0n) is 29.2. The Labute approximate surface area is 300 Å². The van der Waals surface area contributed by atoms with E-state index in [2.05, 4.69) is 58.7 Å². The number of halogens is 1. The van der Waals surface area contributed by atoms with Crippen molar-refractivity contribution in [1.82, 2.24) is 15.4 Å². The molecular formula is C40H37FN6O5. The van der Waals surface area contributed by atoms with Gasteiger partial charge in [0.2, 0.25) is 11.8 Å². The third-order valence-electron chi connectivity index (χ3n) is 11.1. The lowest BCUT2D eigenvalue weighted by molar-refractivity contribution is -0.136. The van der Waals surface area contributed by atoms with E-state index in [0.717, 1.165) is 75.3 Å². The molecule has 1 aromatic heterocycles. The second-order valence-electron chi connectivity index (χ2n) is 14.4. The molecule has 4 heterocycles. The Kier molecular flexibility index (Phi) is 7.97. The molecule has 0 radical (unpaired) electrons. The van der Waals surface area contributed by atoms with Gasteiger partial charge in [-0.05, 0) is 99.4 Å². The lowest BCUT2D eigenvalue weighted by Gasteiger charge is -2.30. The summed E-state index contributed by atoms with van der Waals surface area (Å²) in [5.41, 5.74) is 6.59. The number of imide groups is 2. The predicted octanol–water partition coefficient (Wildman–Crippen LogP) is 6.03. The number of nitrogens with zero attached hydrogens (tertiary/aromatic N) is 5. The van der Waals surface area contributed by atoms with Crippen LogP contribution in [0.5, 0.6) is 0 Å². The number of amides is 4. The van der Waals surface area contributed by atoms with Gasteiger partial charge < -0.3 is 14.3 Å². The standard InChI is InChI=1S/C40H37FN6O5/c1-22-4-5-26(36-23(2)44-52-24(36)3)16-33(22)46(28-8-6-27(7-9-28)40(21-42)13-14-40)20-25-12-15-45(19-25)34-18-30-29(17-31(34)41)38(50)47(39(30)51)32-10-11-35(48)43-37(32)49/h4-9,16-18,25,32H,10-15,19-20H2,1-3H3,(H,43,48,49). The molecule has 2 unspecified atom stereocenters. The first-order valence-electron chi connectivity index (χ1n) is 17.6. The second-order valence-corrected chi connectivity index (χ2v) is 14.4. The third kappa shape index (κ3) is 5.52. The van der Waals surface area contributed by atoms with Crippen molar-refractivity contribution in [2.24, 2.45) is 5.92 Å². The van der Waals surface area contributed by atoms with E-state index in [-0.39, 0.29) is 35.6 Å². The summed E-state index contributed by atoms with van der Waals surface area (Å²) in [6.45, 7) is 7.54. The number of benzene rings is 3. The normalized spacial score (nSPS) is 20.6. The van der Waals surface area contributed by atoms with Crippen molar-refractivity contribution in [1.29, 1.82) is 5.26 Å². The summed E-state index contributed by atoms with van der Waals surface area (Å²) >= 11 is 0. The van der Waals surface area contributed by atoms with Gasteiger partial charge in [-0.3, -0.25) is 29.4 Å². The van der Waals surface area contributed by atoms with E-state index in [0.29, 0.717) is 19.6 Å². The van der Waals surface area contributed by atoms with E-state index >= 15 is 4.39 Å². The number of aromatic nitrogens is 1. The maximum Gasteiger partial charge on any atom is 0.262 e. The van der Waals surface area contributed by atoms with Gasteiger partial charge in [0.15, 0.2) is 0 Å². The van der Waals surface area contributed by atoms with E-state index < -0.39 is 40.9 Å². The van der Waals surface area contributed by atoms with Crippen LogP contribution in [0.4, 0.5) is 21.5 Å². The molecule has 264 valence electrons. The largest absolute Gasteiger partial charge is 0.369 e. The minimum Gasteiger partial charge on any atom is -0.369 e. The number of anilines is 3. The summed E-state index contributed by atoms with van der Waals surface area (Å²) in [5.74, 6) is -2.36. The number of hydrogen-bond donors (Lipinski definition) is 1. The highest BCUT2D eigenvalue weighted by atomic mass is 19.1. The van der Waals surface area contributed by atoms with Crippen LogP contribution in [-0.2, 0) is 15.0 Å². The number of carbonyl (C=O) groups is 4. The zero-order valence-corrected chi connectivity index (χ0v) is 29.2. The summed E-state index contributed by atoms with van der Waals surface area (Å²) in [4.78, 5) is 56.0. The number of fused-ring (bicyclic) bond motifs is 1. The molecule has 52 heavy (non-hydrogen) atoms. The lowest BCUT2D eigenvalue weighted by Crippen LogP contribution is -2.54. The molecule has 3 aliphatic heterocycles. The molecule has 1 aliphatic carbocycles. The van der Waals surface area contributed by atoms with Gasteiger partial charge in [0.25, 0.3) is 11.8 Å². The lowest BCUT2D eigenvalue weighted by atomic mass is 9.96. The van der Waals surface area contributed by atoms with Crippen LogP contribution in [0.1, 0.15) is 75.4 Å². The van der Waals surface area contributed by atoms with E-state index in [9.17, 15) is 24.4 Å². The highest BCUT2D eigenvalue weighted by Crippen LogP contribution is 2.48. The Morgan fingerprint density at radius 3 is 2.38 bits per heavy atom. The van der Waals surface area contributed by atoms with Crippen LogP contribution in [0.25, 0.3) is 11.1 Å². The fraction of sp³-hybridized carbons (Fsp3) is 0.350. The Morgan fingerprint density at radius 1 is 1.00 bits per heavy atom. The molecule has 0 spiro atoms. The topological polar surface area (TPSA) is 140 Å². The van der Waals surface area contributed by atoms with Crippen LogP contribution in [0.2, 0.25) is 0 Å². The third-order valence-corrected chi connectivity index (χ3v) is 11.1. The molecule has 0 bridgehead atoms. The van der Waals surface area contributed by atoms with E-state index in [1.165, 1.54) is 6.07 Å². The summed E-state index contributed by atoms with van der Waals surface area (Å²) in [5, 5.41) is 16.1. The van der Waals surface area contributed by atoms with Crippen LogP contribution < -0.4 is 15.1 Å². The molecular weight excluding hydrogens is 663 g/mol. The monoisotopic (exact) mass is 700 g/mol. The molecule has 4 aliphatic rings. The number of nitrogens with one attached hydrogen (secondary N) is 1. The molecule has 1 N–H and O–H groups in total. The van der Waals surface area contributed by atoms with Crippen LogP contribution in [-0.4, -0.2) is 59.4 Å². The van der Waals surface area contributed by atoms with Crippen LogP contribution in [0, 0.1) is 43.8 Å². The fourth-order valence-corrected chi connectivity index (χ4v) is 8.02. The quantitative estimate of drug-likeness (QED) is 0.218. The van der Waals surface area contributed by atoms with Crippen molar-refractivity contribution in [3.8, 4) is 17.2 Å². The van der Waals surface area contributed by atoms with Crippen LogP contribution in [0.3, 0.4) is 0 Å². The number of carbonyl (C=O) groups excluding carboxylic acids is 4. The van der Waals surface area contributed by atoms with Crippen molar-refractivity contribution in [2.75, 3.05) is 29.4 Å². The smallest absolute Gasteiger partial charge is 0.262 e. The second kappa shape index (κ2) is 12.4. The number of nitriles is 1. The average Bonchev–Trinajstić information content (AvgIpc) is 3.58. The molecule has 3 fully saturated rings. The molecule has 2 saturated heterocycles. The first-order chi connectivity index (χ1) is 25.0. The highest BCUT2D eigenvalue weighted by Gasteiger charge is 2.46. The predicted molar refractivity (Wildman–Crippen MR) is 190 cm³/mol. The maximum atomic E-state index is 15.8. The van der Waals surface area contributed by atoms with Crippen LogP contribution >= 0.6 is 0 Å². The molecule has 3 aromatic carbocycles. The summed E-state index contributed by atoms with van der Waals surface area (Å²) in [6, 6.07) is 18.4. The summed E-state index contributed by atoms with van der Waals surface area (Å²) in [7, 11) is 0. The molecule has 4 amide bonds. The number of hydrogen-bond acceptors (Lipinski definition) is 9. The fourth-order valence-electron chi connectivity index (χ4n) is 8.02. The average molecular weight is 701 g/mol. The number of aryl methyl sites for hydroxylation is 3. The SMILES string of the molecule is Cc1ccc(-c2c(C)noc2C)cc1N(CC1CCN(c2cc3c(cc2F)C(=O)N(C2CCC(=O)NC2=O)C3=O)C1)c1ccc(C2(C#N)CC2)cc1. The summed E-state index contributed by atoms with van der Waals surface area (Å²) < 4.78 is 21.3. The number of piperidine rings is 1. The maximum absolute atomic E-state index is 15.8. The number of rotatable bonds is 8. The van der Waals surface area contributed by atoms with Crippen molar-refractivity contribution < 1.29 is 28.1 Å². The van der Waals surface area contributed by atoms with Gasteiger partial charge in [-0.2, -0.15) is 5.26 Å². The minimum absolute atomic E-state index is 0.00400. The zero-order chi connectivity index (χ0) is 36.5. The van der Waals surface area contributed by atoms with E-state index in [4.69, 9.17) is 4.52 Å². The molecule has 4 aromatic rings. The Morgan fingerprint density at radius 2 is 1.73 bits per heavy atom. The van der Waals surface area contributed by atoms with Crippen molar-refractivity contribution >= 4 is 40.7 Å². The van der Waals surface area contributed by atoms with Crippen LogP contribution in [0.15, 0.2) is 59.1 Å². The molecule has 1 saturated carbocycles. The van der Waals surface area contributed by atoms with Gasteiger partial charge in [0, 0.05) is 43.0 Å². The molecule has 11 nitrogen and oxygen atoms in total. The van der Waals surface area contributed by atoms with Gasteiger partial charge in [0.1, 0.15) is 17.6 Å². The Hall–Kier alpha value is -5.83. The van der Waals surface area contributed by atoms with Gasteiger partial charge in [-0.1, -0.05) is 29.4 Å². The van der Waals surface area contributed by atoms with Crippen molar-refractivity contribution in [2.45, 2.75) is 64.3 Å². The highest BCUT2D eigenvalue weighted by molar-refractivity contribution is 6.23. The van der Waals surface area contributed by atoms with Gasteiger partial charge >= 0.3 is 0 Å². The Bertz CT molecular complexity index is 2200. The van der Waals surface area contributed by atoms with Gasteiger partial charge in [0.05, 0.1) is 34.0 Å². The van der Waals surface area contributed by atoms with Gasteiger partial charge in [-0.15, -0.1) is 0 Å². The minimum atomic E-state index is -1.12. The van der Waals surface area contributed by atoms with E-state index in [1.54, 1.807) is 0 Å². The molecule has 2 atom stereocenters. The Balaban J connectivity index is 1.08. The van der Waals surface area contributed by atoms with E-state index in [1.807, 2.05) is 30.9 Å². The molecule has 8 rings (SSSR count). The first-order valence-corrected chi connectivity index (χ1v) is 17.6. The molecule has 12 heteroatoms. The first kappa shape index (κ1) is 33.3.